The zero-order valence-corrected chi connectivity index (χ0v) is 14.2. The number of carbonyl (C=O) groups excluding carboxylic acids is 1. The Balaban J connectivity index is 2.24. The summed E-state index contributed by atoms with van der Waals surface area (Å²) in [6.45, 7) is 0.667. The van der Waals surface area contributed by atoms with Crippen LogP contribution in [0.15, 0.2) is 18.2 Å². The fourth-order valence-electron chi connectivity index (χ4n) is 2.59. The lowest BCUT2D eigenvalue weighted by Crippen LogP contribution is -2.40. The Morgan fingerprint density at radius 3 is 2.83 bits per heavy atom. The Morgan fingerprint density at radius 1 is 1.46 bits per heavy atom. The zero-order valence-electron chi connectivity index (χ0n) is 12.7. The molecule has 132 valence electrons. The molecule has 1 heterocycles. The summed E-state index contributed by atoms with van der Waals surface area (Å²) >= 11 is 11.2. The fraction of sp³-hybridized carbons (Fsp3) is 0.467. The molecule has 1 aliphatic rings. The zero-order chi connectivity index (χ0) is 17.7. The molecule has 0 radical (unpaired) electrons. The SMILES string of the molecule is O=C(CCl)NC[C@@H]1CN(C(=O)O)CCO[C@H]1c1ccc(Cl)c(F)c1. The number of nitrogens with zero attached hydrogens (tertiary/aromatic N) is 1. The number of benzene rings is 1. The van der Waals surface area contributed by atoms with Crippen LogP contribution in [-0.4, -0.2) is 54.1 Å². The number of hydrogen-bond acceptors (Lipinski definition) is 3. The summed E-state index contributed by atoms with van der Waals surface area (Å²) in [5.41, 5.74) is 0.536. The van der Waals surface area contributed by atoms with Crippen LogP contribution in [0, 0.1) is 11.7 Å². The number of ether oxygens (including phenoxy) is 1. The number of alkyl halides is 1. The molecular weight excluding hydrogens is 362 g/mol. The molecule has 1 aliphatic heterocycles. The summed E-state index contributed by atoms with van der Waals surface area (Å²) in [4.78, 5) is 23.9. The number of carbonyl (C=O) groups is 2. The molecule has 24 heavy (non-hydrogen) atoms. The lowest BCUT2D eigenvalue weighted by molar-refractivity contribution is -0.119. The van der Waals surface area contributed by atoms with Crippen molar-refractivity contribution in [2.24, 2.45) is 5.92 Å². The second kappa shape index (κ2) is 8.50. The minimum Gasteiger partial charge on any atom is -0.465 e. The molecule has 1 fully saturated rings. The van der Waals surface area contributed by atoms with Crippen molar-refractivity contribution in [1.29, 1.82) is 0 Å². The molecule has 0 unspecified atom stereocenters. The smallest absolute Gasteiger partial charge is 0.407 e. The van der Waals surface area contributed by atoms with Gasteiger partial charge in [0.2, 0.25) is 5.91 Å². The summed E-state index contributed by atoms with van der Waals surface area (Å²) in [6.07, 6.45) is -1.65. The van der Waals surface area contributed by atoms with E-state index in [1.807, 2.05) is 0 Å². The molecule has 0 aliphatic carbocycles. The first-order valence-electron chi connectivity index (χ1n) is 7.29. The van der Waals surface area contributed by atoms with Gasteiger partial charge >= 0.3 is 6.09 Å². The van der Waals surface area contributed by atoms with Gasteiger partial charge in [-0.15, -0.1) is 11.6 Å². The van der Waals surface area contributed by atoms with Gasteiger partial charge in [-0.1, -0.05) is 17.7 Å². The Bertz CT molecular complexity index is 617. The van der Waals surface area contributed by atoms with Crippen molar-refractivity contribution < 1.29 is 23.8 Å². The third-order valence-corrected chi connectivity index (χ3v) is 4.32. The number of nitrogens with one attached hydrogen (secondary N) is 1. The molecule has 2 atom stereocenters. The van der Waals surface area contributed by atoms with Gasteiger partial charge in [-0.25, -0.2) is 9.18 Å². The highest BCUT2D eigenvalue weighted by Gasteiger charge is 2.31. The van der Waals surface area contributed by atoms with Crippen LogP contribution in [0.2, 0.25) is 5.02 Å². The van der Waals surface area contributed by atoms with Gasteiger partial charge in [0, 0.05) is 25.6 Å². The van der Waals surface area contributed by atoms with Crippen LogP contribution in [0.5, 0.6) is 0 Å². The molecule has 1 saturated heterocycles. The van der Waals surface area contributed by atoms with E-state index in [1.165, 1.54) is 17.0 Å². The predicted molar refractivity (Wildman–Crippen MR) is 86.9 cm³/mol. The van der Waals surface area contributed by atoms with Gasteiger partial charge in [0.05, 0.1) is 17.7 Å². The maximum Gasteiger partial charge on any atom is 0.407 e. The van der Waals surface area contributed by atoms with Crippen LogP contribution in [0.3, 0.4) is 0 Å². The normalized spacial score (nSPS) is 21.2. The number of hydrogen-bond donors (Lipinski definition) is 2. The lowest BCUT2D eigenvalue weighted by atomic mass is 9.95. The van der Waals surface area contributed by atoms with E-state index in [2.05, 4.69) is 5.32 Å². The molecular formula is C15H17Cl2FN2O4. The molecule has 1 aromatic rings. The van der Waals surface area contributed by atoms with E-state index in [0.717, 1.165) is 0 Å². The first-order chi connectivity index (χ1) is 11.4. The predicted octanol–water partition coefficient (Wildman–Crippen LogP) is 2.50. The van der Waals surface area contributed by atoms with Crippen molar-refractivity contribution in [2.45, 2.75) is 6.10 Å². The molecule has 0 spiro atoms. The van der Waals surface area contributed by atoms with E-state index < -0.39 is 23.9 Å². The molecule has 0 aromatic heterocycles. The monoisotopic (exact) mass is 378 g/mol. The maximum absolute atomic E-state index is 13.8. The molecule has 1 aromatic carbocycles. The topological polar surface area (TPSA) is 78.9 Å². The van der Waals surface area contributed by atoms with Gasteiger partial charge in [-0.2, -0.15) is 0 Å². The van der Waals surface area contributed by atoms with Crippen LogP contribution in [-0.2, 0) is 9.53 Å². The first kappa shape index (κ1) is 18.8. The molecule has 0 bridgehead atoms. The van der Waals surface area contributed by atoms with Gasteiger partial charge < -0.3 is 20.1 Å². The molecule has 2 amide bonds. The van der Waals surface area contributed by atoms with Gasteiger partial charge in [0.25, 0.3) is 0 Å². The average molecular weight is 379 g/mol. The van der Waals surface area contributed by atoms with Crippen molar-refractivity contribution in [3.63, 3.8) is 0 Å². The van der Waals surface area contributed by atoms with Crippen molar-refractivity contribution in [2.75, 3.05) is 32.1 Å². The van der Waals surface area contributed by atoms with Crippen molar-refractivity contribution >= 4 is 35.2 Å². The van der Waals surface area contributed by atoms with Crippen LogP contribution < -0.4 is 5.32 Å². The summed E-state index contributed by atoms with van der Waals surface area (Å²) in [5.74, 6) is -1.54. The van der Waals surface area contributed by atoms with E-state index in [-0.39, 0.29) is 43.1 Å². The second-order valence-electron chi connectivity index (χ2n) is 5.39. The van der Waals surface area contributed by atoms with Crippen molar-refractivity contribution in [3.05, 3.63) is 34.6 Å². The quantitative estimate of drug-likeness (QED) is 0.788. The molecule has 2 rings (SSSR count). The minimum absolute atomic E-state index is 0.00785. The lowest BCUT2D eigenvalue weighted by Gasteiger charge is -2.27. The van der Waals surface area contributed by atoms with E-state index in [9.17, 15) is 19.1 Å². The molecule has 0 saturated carbocycles. The number of carboxylic acid groups (broad SMARTS) is 1. The highest BCUT2D eigenvalue weighted by molar-refractivity contribution is 6.30. The average Bonchev–Trinajstić information content (AvgIpc) is 2.77. The summed E-state index contributed by atoms with van der Waals surface area (Å²) in [7, 11) is 0. The second-order valence-corrected chi connectivity index (χ2v) is 6.07. The van der Waals surface area contributed by atoms with Gasteiger partial charge in [0.15, 0.2) is 0 Å². The van der Waals surface area contributed by atoms with Crippen LogP contribution >= 0.6 is 23.2 Å². The summed E-state index contributed by atoms with van der Waals surface area (Å²) in [5, 5.41) is 11.8. The summed E-state index contributed by atoms with van der Waals surface area (Å²) < 4.78 is 19.5. The molecule has 2 N–H and O–H groups in total. The maximum atomic E-state index is 13.8. The van der Waals surface area contributed by atoms with E-state index in [0.29, 0.717) is 5.56 Å². The van der Waals surface area contributed by atoms with Gasteiger partial charge in [-0.05, 0) is 17.7 Å². The number of halogens is 3. The minimum atomic E-state index is -1.07. The number of rotatable bonds is 4. The number of amides is 2. The highest BCUT2D eigenvalue weighted by Crippen LogP contribution is 2.31. The highest BCUT2D eigenvalue weighted by atomic mass is 35.5. The molecule has 9 heteroatoms. The van der Waals surface area contributed by atoms with Crippen molar-refractivity contribution in [3.8, 4) is 0 Å². The van der Waals surface area contributed by atoms with Crippen LogP contribution in [0.25, 0.3) is 0 Å². The van der Waals surface area contributed by atoms with Gasteiger partial charge in [0.1, 0.15) is 11.7 Å². The first-order valence-corrected chi connectivity index (χ1v) is 8.20. The Kier molecular flexibility index (Phi) is 6.65. The summed E-state index contributed by atoms with van der Waals surface area (Å²) in [6, 6.07) is 4.31. The molecule has 6 nitrogen and oxygen atoms in total. The third kappa shape index (κ3) is 4.72. The standard InChI is InChI=1S/C15H17Cl2FN2O4/c16-6-13(21)19-7-10-8-20(15(22)23)3-4-24-14(10)9-1-2-11(17)12(18)5-9/h1-2,5,10,14H,3-4,6-8H2,(H,19,21)(H,22,23)/t10-,14+/m1/s1. The van der Waals surface area contributed by atoms with E-state index in [1.54, 1.807) is 6.07 Å². The van der Waals surface area contributed by atoms with Crippen LogP contribution in [0.1, 0.15) is 11.7 Å². The Hall–Kier alpha value is -1.57. The van der Waals surface area contributed by atoms with E-state index >= 15 is 0 Å². The largest absolute Gasteiger partial charge is 0.465 e. The Labute approximate surface area is 148 Å². The van der Waals surface area contributed by atoms with E-state index in [4.69, 9.17) is 27.9 Å². The van der Waals surface area contributed by atoms with Gasteiger partial charge in [-0.3, -0.25) is 4.79 Å². The fourth-order valence-corrected chi connectivity index (χ4v) is 2.80. The Morgan fingerprint density at radius 2 is 2.21 bits per heavy atom. The van der Waals surface area contributed by atoms with Crippen LogP contribution in [0.4, 0.5) is 9.18 Å². The van der Waals surface area contributed by atoms with Crippen molar-refractivity contribution in [1.82, 2.24) is 10.2 Å². The third-order valence-electron chi connectivity index (χ3n) is 3.77.